The second kappa shape index (κ2) is 10.1. The van der Waals surface area contributed by atoms with Gasteiger partial charge in [0.15, 0.2) is 11.4 Å². The normalized spacial score (nSPS) is 34.5. The third kappa shape index (κ3) is 4.13. The number of nitrogens with zero attached hydrogens (tertiary/aromatic N) is 1. The first-order chi connectivity index (χ1) is 20.1. The fourth-order valence-corrected chi connectivity index (χ4v) is 9.37. The monoisotopic (exact) mass is 613 g/mol. The smallest absolute Gasteiger partial charge is 0.255 e. The predicted octanol–water partition coefficient (Wildman–Crippen LogP) is 2.94. The van der Waals surface area contributed by atoms with Gasteiger partial charge < -0.3 is 31.5 Å². The molecule has 3 saturated carbocycles. The molecule has 0 aromatic heterocycles. The molecule has 1 amide bonds. The number of primary amides is 1. The van der Waals surface area contributed by atoms with Gasteiger partial charge in [-0.15, -0.1) is 0 Å². The second-order valence-corrected chi connectivity index (χ2v) is 14.4. The lowest BCUT2D eigenvalue weighted by molar-refractivity contribution is -0.148. The van der Waals surface area contributed by atoms with Crippen LogP contribution in [-0.2, 0) is 22.6 Å². The lowest BCUT2D eigenvalue weighted by Gasteiger charge is -2.60. The van der Waals surface area contributed by atoms with E-state index in [1.165, 1.54) is 30.2 Å². The Kier molecular flexibility index (Phi) is 7.04. The number of aliphatic hydroxyl groups excluding tert-OH is 2. The maximum absolute atomic E-state index is 13.8. The van der Waals surface area contributed by atoms with Crippen LogP contribution in [0.5, 0.6) is 5.75 Å². The quantitative estimate of drug-likeness (QED) is 0.264. The lowest BCUT2D eigenvalue weighted by atomic mass is 9.45. The van der Waals surface area contributed by atoms with Crippen LogP contribution in [0.3, 0.4) is 0 Å². The number of nitrogens with two attached hydrogens (primary N) is 1. The van der Waals surface area contributed by atoms with Crippen molar-refractivity contribution in [3.63, 3.8) is 0 Å². The van der Waals surface area contributed by atoms with Crippen LogP contribution in [0, 0.1) is 35.0 Å². The largest absolute Gasteiger partial charge is 0.510 e. The summed E-state index contributed by atoms with van der Waals surface area (Å²) in [6.07, 6.45) is 3.90. The molecule has 10 nitrogen and oxygen atoms in total. The number of carbonyl (C=O) groups is 3. The number of benzene rings is 1. The number of rotatable bonds is 6. The molecule has 2 bridgehead atoms. The summed E-state index contributed by atoms with van der Waals surface area (Å²) in [4.78, 5) is 40.9. The number of carbonyl (C=O) groups excluding carboxylic acids is 3. The third-order valence-electron chi connectivity index (χ3n) is 11.5. The minimum Gasteiger partial charge on any atom is -0.510 e. The van der Waals surface area contributed by atoms with Crippen molar-refractivity contribution in [3.8, 4) is 5.75 Å². The zero-order valence-electron chi connectivity index (χ0n) is 24.9. The Morgan fingerprint density at radius 3 is 2.44 bits per heavy atom. The van der Waals surface area contributed by atoms with Gasteiger partial charge in [0.25, 0.3) is 5.91 Å². The number of likely N-dealkylation sites (N-methyl/N-ethyl adjacent to an activating group) is 1. The zero-order valence-corrected chi connectivity index (χ0v) is 25.7. The number of hydrogen-bond acceptors (Lipinski definition) is 9. The Morgan fingerprint density at radius 2 is 1.84 bits per heavy atom. The minimum atomic E-state index is -2.66. The number of nitrogens with one attached hydrogen (secondary N) is 1. The van der Waals surface area contributed by atoms with Crippen molar-refractivity contribution in [2.45, 2.75) is 64.1 Å². The molecule has 7 rings (SSSR count). The molecule has 6 aliphatic rings. The third-order valence-corrected chi connectivity index (χ3v) is 11.9. The summed E-state index contributed by atoms with van der Waals surface area (Å²) >= 11 is 6.89. The highest BCUT2D eigenvalue weighted by Gasteiger charge is 2.63. The number of allylic oxidation sites excluding steroid dienone is 1. The standard InChI is InChI=1S/C32H40ClN3O7/c1-31(2)16-6-5-13(18(31)10-16)11-35-12-15-9-20(37)22-17(24(15)33)7-14-8-19-25(36(3)4)27(39)23(30(34)42)29(41)32(19,43)28(40)21(14)26(22)38/h9,13-14,16,18-19,25,35,37,39-40,43H,5-8,10-12H2,1-4H3,(H2,34,42)/t13-,14+,16?,18?,19+,25+,32+/m1/s1. The van der Waals surface area contributed by atoms with E-state index in [1.807, 2.05) is 0 Å². The summed E-state index contributed by atoms with van der Waals surface area (Å²) < 4.78 is 0. The number of ketones is 2. The van der Waals surface area contributed by atoms with Crippen molar-refractivity contribution in [1.82, 2.24) is 10.2 Å². The van der Waals surface area contributed by atoms with E-state index in [-0.39, 0.29) is 29.7 Å². The van der Waals surface area contributed by atoms with Crippen LogP contribution in [0.4, 0.5) is 0 Å². The van der Waals surface area contributed by atoms with Crippen molar-refractivity contribution in [1.29, 1.82) is 0 Å². The Balaban J connectivity index is 1.32. The van der Waals surface area contributed by atoms with E-state index in [0.29, 0.717) is 39.9 Å². The summed E-state index contributed by atoms with van der Waals surface area (Å²) in [6, 6.07) is 0.412. The molecule has 43 heavy (non-hydrogen) atoms. The lowest BCUT2D eigenvalue weighted by Crippen LogP contribution is -2.63. The second-order valence-electron chi connectivity index (χ2n) is 14.0. The highest BCUT2D eigenvalue weighted by Crippen LogP contribution is 2.61. The van der Waals surface area contributed by atoms with Gasteiger partial charge in [-0.2, -0.15) is 0 Å². The molecule has 3 fully saturated rings. The van der Waals surface area contributed by atoms with Gasteiger partial charge in [0.1, 0.15) is 22.8 Å². The minimum absolute atomic E-state index is 0.0190. The van der Waals surface area contributed by atoms with Crippen LogP contribution in [-0.4, -0.2) is 75.1 Å². The molecule has 6 aliphatic carbocycles. The molecule has 0 saturated heterocycles. The van der Waals surface area contributed by atoms with Gasteiger partial charge in [0.2, 0.25) is 5.78 Å². The Labute approximate surface area is 255 Å². The van der Waals surface area contributed by atoms with Gasteiger partial charge in [-0.3, -0.25) is 19.3 Å². The number of fused-ring (bicyclic) bond motifs is 5. The maximum atomic E-state index is 13.8. The molecular formula is C32H40ClN3O7. The topological polar surface area (TPSA) is 173 Å². The van der Waals surface area contributed by atoms with Crippen LogP contribution < -0.4 is 11.1 Å². The number of aromatic hydroxyl groups is 1. The Bertz CT molecular complexity index is 1510. The average Bonchev–Trinajstić information content (AvgIpc) is 2.92. The summed E-state index contributed by atoms with van der Waals surface area (Å²) in [5.41, 5.74) is 3.08. The van der Waals surface area contributed by atoms with E-state index < -0.39 is 58.0 Å². The molecule has 7 N–H and O–H groups in total. The molecule has 7 atom stereocenters. The Hall–Kier alpha value is -2.92. The fourth-order valence-electron chi connectivity index (χ4n) is 9.08. The molecular weight excluding hydrogens is 574 g/mol. The van der Waals surface area contributed by atoms with Crippen LogP contribution in [0.2, 0.25) is 5.02 Å². The first kappa shape index (κ1) is 30.1. The summed E-state index contributed by atoms with van der Waals surface area (Å²) in [6.45, 7) is 5.96. The van der Waals surface area contributed by atoms with Crippen molar-refractivity contribution in [2.24, 2.45) is 40.7 Å². The van der Waals surface area contributed by atoms with Gasteiger partial charge in [-0.05, 0) is 99.0 Å². The number of phenolic OH excluding ortho intramolecular Hbond substituents is 1. The van der Waals surface area contributed by atoms with E-state index in [2.05, 4.69) is 19.2 Å². The van der Waals surface area contributed by atoms with Crippen molar-refractivity contribution >= 4 is 29.1 Å². The van der Waals surface area contributed by atoms with E-state index >= 15 is 0 Å². The van der Waals surface area contributed by atoms with Gasteiger partial charge in [0, 0.05) is 23.1 Å². The zero-order chi connectivity index (χ0) is 31.3. The molecule has 11 heteroatoms. The molecule has 0 spiro atoms. The van der Waals surface area contributed by atoms with Crippen LogP contribution >= 0.6 is 11.6 Å². The van der Waals surface area contributed by atoms with Gasteiger partial charge in [0.05, 0.1) is 11.6 Å². The van der Waals surface area contributed by atoms with E-state index in [4.69, 9.17) is 17.3 Å². The molecule has 0 aliphatic heterocycles. The van der Waals surface area contributed by atoms with Gasteiger partial charge in [-0.25, -0.2) is 0 Å². The summed E-state index contributed by atoms with van der Waals surface area (Å²) in [5.74, 6) is -4.70. The molecule has 0 heterocycles. The van der Waals surface area contributed by atoms with Crippen LogP contribution in [0.15, 0.2) is 28.7 Å². The molecule has 232 valence electrons. The number of aliphatic hydroxyl groups is 3. The van der Waals surface area contributed by atoms with Crippen molar-refractivity contribution in [2.75, 3.05) is 20.6 Å². The predicted molar refractivity (Wildman–Crippen MR) is 158 cm³/mol. The van der Waals surface area contributed by atoms with Gasteiger partial charge >= 0.3 is 0 Å². The maximum Gasteiger partial charge on any atom is 0.255 e. The Morgan fingerprint density at radius 1 is 1.14 bits per heavy atom. The first-order valence-corrected chi connectivity index (χ1v) is 15.4. The van der Waals surface area contributed by atoms with E-state index in [0.717, 1.165) is 12.5 Å². The number of Topliss-reactive ketones (excluding diaryl/α,β-unsaturated/α-hetero) is 2. The van der Waals surface area contributed by atoms with E-state index in [1.54, 1.807) is 14.1 Å². The van der Waals surface area contributed by atoms with Crippen LogP contribution in [0.1, 0.15) is 61.0 Å². The summed E-state index contributed by atoms with van der Waals surface area (Å²) in [7, 11) is 3.19. The molecule has 1 aromatic rings. The van der Waals surface area contributed by atoms with Gasteiger partial charge in [-0.1, -0.05) is 25.4 Å². The number of hydrogen-bond donors (Lipinski definition) is 6. The first-order valence-electron chi connectivity index (χ1n) is 15.0. The molecule has 1 aromatic carbocycles. The number of amides is 1. The SMILES string of the molecule is CN(C)[C@@H]1C(O)=C(C(N)=O)C(=O)[C@@]2(O)C(O)=C3C(=O)c4c(O)cc(CNC[C@H]5CCC6CC5C6(C)C)c(Cl)c4C[C@H]3C[C@@H]12. The average molecular weight is 614 g/mol. The fraction of sp³-hybridized carbons (Fsp3) is 0.594. The highest BCUT2D eigenvalue weighted by molar-refractivity contribution is 6.33. The highest BCUT2D eigenvalue weighted by atomic mass is 35.5. The molecule has 0 radical (unpaired) electrons. The van der Waals surface area contributed by atoms with Crippen molar-refractivity contribution in [3.05, 3.63) is 50.4 Å². The summed E-state index contributed by atoms with van der Waals surface area (Å²) in [5, 5.41) is 49.0. The molecule has 2 unspecified atom stereocenters. The number of halogens is 1. The van der Waals surface area contributed by atoms with Crippen molar-refractivity contribution < 1.29 is 34.8 Å². The number of phenols is 1. The van der Waals surface area contributed by atoms with Crippen LogP contribution in [0.25, 0.3) is 0 Å². The van der Waals surface area contributed by atoms with E-state index in [9.17, 15) is 34.8 Å².